The van der Waals surface area contributed by atoms with E-state index in [1.165, 1.54) is 16.2 Å². The quantitative estimate of drug-likeness (QED) is 0.239. The second kappa shape index (κ2) is 10.2. The maximum Gasteiger partial charge on any atom is 0.295 e. The maximum atomic E-state index is 13.4. The third kappa shape index (κ3) is 4.75. The highest BCUT2D eigenvalue weighted by atomic mass is 32.1. The Bertz CT molecular complexity index is 1300. The molecule has 4 rings (SSSR count). The smallest absolute Gasteiger partial charge is 0.295 e. The van der Waals surface area contributed by atoms with Crippen LogP contribution in [0.3, 0.4) is 0 Å². The van der Waals surface area contributed by atoms with E-state index in [1.54, 1.807) is 25.3 Å². The normalized spacial score (nSPS) is 17.5. The Labute approximate surface area is 215 Å². The summed E-state index contributed by atoms with van der Waals surface area (Å²) in [6.07, 6.45) is 0. The molecule has 188 valence electrons. The molecule has 0 aliphatic carbocycles. The van der Waals surface area contributed by atoms with Crippen molar-refractivity contribution in [1.29, 1.82) is 0 Å². The summed E-state index contributed by atoms with van der Waals surface area (Å²) in [4.78, 5) is 29.2. The highest BCUT2D eigenvalue weighted by molar-refractivity contribution is 7.09. The first kappa shape index (κ1) is 25.5. The van der Waals surface area contributed by atoms with E-state index in [1.807, 2.05) is 48.7 Å². The number of benzene rings is 2. The Balaban J connectivity index is 1.92. The van der Waals surface area contributed by atoms with Gasteiger partial charge in [-0.2, -0.15) is 0 Å². The number of rotatable bonds is 7. The number of hydrogen-bond donors (Lipinski definition) is 1. The van der Waals surface area contributed by atoms with E-state index in [0.717, 1.165) is 16.2 Å². The van der Waals surface area contributed by atoms with Crippen LogP contribution in [-0.4, -0.2) is 35.4 Å². The zero-order valence-electron chi connectivity index (χ0n) is 21.2. The lowest BCUT2D eigenvalue weighted by Gasteiger charge is -2.26. The van der Waals surface area contributed by atoms with Gasteiger partial charge in [-0.1, -0.05) is 45.0 Å². The van der Waals surface area contributed by atoms with Crippen molar-refractivity contribution < 1.29 is 24.2 Å². The summed E-state index contributed by atoms with van der Waals surface area (Å²) < 4.78 is 11.4. The molecule has 0 radical (unpaired) electrons. The Kier molecular flexibility index (Phi) is 7.22. The predicted octanol–water partition coefficient (Wildman–Crippen LogP) is 6.07. The lowest BCUT2D eigenvalue weighted by atomic mass is 9.84. The molecule has 0 bridgehead atoms. The summed E-state index contributed by atoms with van der Waals surface area (Å²) >= 11 is 1.51. The zero-order chi connectivity index (χ0) is 26.0. The van der Waals surface area contributed by atoms with Crippen LogP contribution in [0.15, 0.2) is 65.6 Å². The van der Waals surface area contributed by atoms with Crippen LogP contribution >= 0.6 is 11.3 Å². The van der Waals surface area contributed by atoms with Crippen LogP contribution in [0.5, 0.6) is 11.5 Å². The van der Waals surface area contributed by atoms with E-state index < -0.39 is 17.7 Å². The molecular weight excluding hydrogens is 474 g/mol. The van der Waals surface area contributed by atoms with Crippen molar-refractivity contribution in [3.8, 4) is 11.5 Å². The molecule has 1 atom stereocenters. The minimum Gasteiger partial charge on any atom is -0.507 e. The van der Waals surface area contributed by atoms with E-state index in [-0.39, 0.29) is 23.3 Å². The molecule has 1 unspecified atom stereocenters. The third-order valence-corrected chi connectivity index (χ3v) is 7.10. The van der Waals surface area contributed by atoms with Gasteiger partial charge in [0.15, 0.2) is 0 Å². The molecule has 1 saturated heterocycles. The van der Waals surface area contributed by atoms with Crippen LogP contribution in [0.2, 0.25) is 0 Å². The summed E-state index contributed by atoms with van der Waals surface area (Å²) in [5.41, 5.74) is 1.77. The van der Waals surface area contributed by atoms with Gasteiger partial charge in [-0.3, -0.25) is 9.59 Å². The molecule has 1 N–H and O–H groups in total. The Morgan fingerprint density at radius 3 is 2.44 bits per heavy atom. The number of hydrogen-bond acceptors (Lipinski definition) is 6. The molecule has 2 heterocycles. The van der Waals surface area contributed by atoms with Crippen molar-refractivity contribution >= 4 is 28.8 Å². The van der Waals surface area contributed by atoms with Crippen molar-refractivity contribution in [2.75, 3.05) is 13.7 Å². The highest BCUT2D eigenvalue weighted by Crippen LogP contribution is 2.44. The lowest BCUT2D eigenvalue weighted by Crippen LogP contribution is -2.29. The molecule has 1 aliphatic heterocycles. The fourth-order valence-electron chi connectivity index (χ4n) is 4.53. The third-order valence-electron chi connectivity index (χ3n) is 6.24. The molecule has 1 amide bonds. The molecule has 7 heteroatoms. The molecule has 1 aromatic heterocycles. The van der Waals surface area contributed by atoms with Crippen LogP contribution < -0.4 is 9.47 Å². The Morgan fingerprint density at radius 2 is 1.81 bits per heavy atom. The minimum atomic E-state index is -0.798. The summed E-state index contributed by atoms with van der Waals surface area (Å²) in [5, 5.41) is 13.5. The monoisotopic (exact) mass is 505 g/mol. The van der Waals surface area contributed by atoms with Crippen molar-refractivity contribution in [3.63, 3.8) is 0 Å². The van der Waals surface area contributed by atoms with Gasteiger partial charge in [-0.05, 0) is 48.1 Å². The molecule has 36 heavy (non-hydrogen) atoms. The average Bonchev–Trinajstić information content (AvgIpc) is 3.46. The number of carbonyl (C=O) groups is 2. The van der Waals surface area contributed by atoms with Gasteiger partial charge in [-0.25, -0.2) is 0 Å². The molecule has 6 nitrogen and oxygen atoms in total. The fraction of sp³-hybridized carbons (Fsp3) is 0.310. The summed E-state index contributed by atoms with van der Waals surface area (Å²) in [6, 6.07) is 15.7. The molecule has 3 aromatic rings. The number of methoxy groups -OCH3 is 1. The van der Waals surface area contributed by atoms with Gasteiger partial charge in [0, 0.05) is 21.6 Å². The predicted molar refractivity (Wildman–Crippen MR) is 141 cm³/mol. The van der Waals surface area contributed by atoms with Crippen LogP contribution in [0.25, 0.3) is 5.76 Å². The number of aliphatic hydroxyl groups is 1. The average molecular weight is 506 g/mol. The molecule has 1 aliphatic rings. The first-order valence-corrected chi connectivity index (χ1v) is 12.8. The maximum absolute atomic E-state index is 13.4. The van der Waals surface area contributed by atoms with E-state index in [2.05, 4.69) is 20.8 Å². The number of ketones is 1. The van der Waals surface area contributed by atoms with E-state index in [0.29, 0.717) is 23.5 Å². The van der Waals surface area contributed by atoms with Gasteiger partial charge in [0.2, 0.25) is 0 Å². The van der Waals surface area contributed by atoms with Crippen LogP contribution in [-0.2, 0) is 21.5 Å². The fourth-order valence-corrected chi connectivity index (χ4v) is 5.23. The SMILES string of the molecule is CCOc1ccc(/C(O)=C2\C(=O)C(=O)N(Cc3cccs3)C2c2ccccc2OC)cc1C(C)(C)C. The van der Waals surface area contributed by atoms with Gasteiger partial charge in [-0.15, -0.1) is 11.3 Å². The number of carbonyl (C=O) groups excluding carboxylic acids is 2. The molecular formula is C29H31NO5S. The minimum absolute atomic E-state index is 0.0464. The summed E-state index contributed by atoms with van der Waals surface area (Å²) in [7, 11) is 1.55. The lowest BCUT2D eigenvalue weighted by molar-refractivity contribution is -0.140. The van der Waals surface area contributed by atoms with Gasteiger partial charge >= 0.3 is 0 Å². The van der Waals surface area contributed by atoms with E-state index >= 15 is 0 Å². The van der Waals surface area contributed by atoms with Crippen molar-refractivity contribution in [2.24, 2.45) is 0 Å². The molecule has 1 fully saturated rings. The van der Waals surface area contributed by atoms with Crippen molar-refractivity contribution in [3.05, 3.63) is 87.1 Å². The van der Waals surface area contributed by atoms with Gasteiger partial charge in [0.1, 0.15) is 17.3 Å². The number of amides is 1. The molecule has 2 aromatic carbocycles. The van der Waals surface area contributed by atoms with Gasteiger partial charge in [0.25, 0.3) is 11.7 Å². The van der Waals surface area contributed by atoms with Crippen molar-refractivity contribution in [2.45, 2.75) is 45.7 Å². The van der Waals surface area contributed by atoms with Gasteiger partial charge in [0.05, 0.1) is 31.9 Å². The van der Waals surface area contributed by atoms with Crippen LogP contribution in [0.4, 0.5) is 0 Å². The largest absolute Gasteiger partial charge is 0.507 e. The first-order valence-electron chi connectivity index (χ1n) is 11.9. The van der Waals surface area contributed by atoms with E-state index in [9.17, 15) is 14.7 Å². The topological polar surface area (TPSA) is 76.1 Å². The number of thiophene rings is 1. The summed E-state index contributed by atoms with van der Waals surface area (Å²) in [5.74, 6) is -0.324. The second-order valence-corrected chi connectivity index (χ2v) is 10.7. The molecule has 0 spiro atoms. The molecule has 0 saturated carbocycles. The first-order chi connectivity index (χ1) is 17.2. The standard InChI is InChI=1S/C29H31NO5S/c1-6-35-23-14-13-18(16-21(23)29(2,3)4)26(31)24-25(20-11-7-8-12-22(20)34-5)30(28(33)27(24)32)17-19-10-9-15-36-19/h7-16,25,31H,6,17H2,1-5H3/b26-24+. The zero-order valence-corrected chi connectivity index (χ0v) is 22.0. The second-order valence-electron chi connectivity index (χ2n) is 9.64. The Morgan fingerprint density at radius 1 is 1.06 bits per heavy atom. The number of aliphatic hydroxyl groups excluding tert-OH is 1. The van der Waals surface area contributed by atoms with Crippen molar-refractivity contribution in [1.82, 2.24) is 4.90 Å². The van der Waals surface area contributed by atoms with Crippen LogP contribution in [0, 0.1) is 0 Å². The number of nitrogens with zero attached hydrogens (tertiary/aromatic N) is 1. The number of ether oxygens (including phenoxy) is 2. The number of para-hydroxylation sites is 1. The Hall–Kier alpha value is -3.58. The van der Waals surface area contributed by atoms with Crippen LogP contribution in [0.1, 0.15) is 55.3 Å². The number of likely N-dealkylation sites (tertiary alicyclic amines) is 1. The summed E-state index contributed by atoms with van der Waals surface area (Å²) in [6.45, 7) is 8.85. The van der Waals surface area contributed by atoms with E-state index in [4.69, 9.17) is 9.47 Å². The highest BCUT2D eigenvalue weighted by Gasteiger charge is 2.47. The number of Topliss-reactive ketones (excluding diaryl/α,β-unsaturated/α-hetero) is 1. The van der Waals surface area contributed by atoms with Gasteiger partial charge < -0.3 is 19.5 Å².